The molecule has 0 heterocycles. The third kappa shape index (κ3) is 4.79. The zero-order valence-corrected chi connectivity index (χ0v) is 11.8. The zero-order chi connectivity index (χ0) is 14.4. The molecule has 2 amide bonds. The summed E-state index contributed by atoms with van der Waals surface area (Å²) in [5.41, 5.74) is 6.35. The summed E-state index contributed by atoms with van der Waals surface area (Å²) >= 11 is 5.82. The van der Waals surface area contributed by atoms with Crippen molar-refractivity contribution in [3.05, 3.63) is 28.8 Å². The Morgan fingerprint density at radius 1 is 1.37 bits per heavy atom. The van der Waals surface area contributed by atoms with Gasteiger partial charge in [0.15, 0.2) is 0 Å². The van der Waals surface area contributed by atoms with E-state index in [1.54, 1.807) is 13.0 Å². The van der Waals surface area contributed by atoms with Crippen LogP contribution in [-0.4, -0.2) is 24.4 Å². The number of nitrogen functional groups attached to an aromatic ring is 1. The Labute approximate surface area is 117 Å². The van der Waals surface area contributed by atoms with Crippen LogP contribution in [0.15, 0.2) is 18.2 Å². The molecule has 0 spiro atoms. The number of rotatable bonds is 5. The number of hydrogen-bond acceptors (Lipinski definition) is 3. The molecule has 0 radical (unpaired) electrons. The molecule has 0 bridgehead atoms. The maximum Gasteiger partial charge on any atom is 0.252 e. The summed E-state index contributed by atoms with van der Waals surface area (Å²) in [6.07, 6.45) is 0.844. The number of nitrogens with two attached hydrogens (primary N) is 1. The van der Waals surface area contributed by atoms with Gasteiger partial charge in [-0.1, -0.05) is 18.5 Å². The van der Waals surface area contributed by atoms with Gasteiger partial charge < -0.3 is 16.4 Å². The number of amides is 2. The second-order valence-electron chi connectivity index (χ2n) is 4.26. The van der Waals surface area contributed by atoms with E-state index in [1.807, 2.05) is 6.92 Å². The molecule has 0 saturated carbocycles. The molecular formula is C13H18ClN3O2. The van der Waals surface area contributed by atoms with Gasteiger partial charge in [0.1, 0.15) is 6.04 Å². The smallest absolute Gasteiger partial charge is 0.252 e. The summed E-state index contributed by atoms with van der Waals surface area (Å²) in [6.45, 7) is 4.16. The predicted octanol–water partition coefficient (Wildman–Crippen LogP) is 1.57. The number of nitrogens with one attached hydrogen (secondary N) is 2. The van der Waals surface area contributed by atoms with Gasteiger partial charge in [0.05, 0.1) is 0 Å². The van der Waals surface area contributed by atoms with E-state index in [2.05, 4.69) is 10.6 Å². The van der Waals surface area contributed by atoms with Crippen molar-refractivity contribution in [3.8, 4) is 0 Å². The van der Waals surface area contributed by atoms with Gasteiger partial charge in [-0.2, -0.15) is 0 Å². The highest BCUT2D eigenvalue weighted by atomic mass is 35.5. The number of carbonyl (C=O) groups is 2. The lowest BCUT2D eigenvalue weighted by Crippen LogP contribution is -2.45. The van der Waals surface area contributed by atoms with Crippen molar-refractivity contribution in [2.24, 2.45) is 0 Å². The first-order chi connectivity index (χ1) is 8.93. The fraction of sp³-hybridized carbons (Fsp3) is 0.385. The molecule has 1 unspecified atom stereocenters. The van der Waals surface area contributed by atoms with Gasteiger partial charge in [0, 0.05) is 22.8 Å². The van der Waals surface area contributed by atoms with Crippen LogP contribution >= 0.6 is 11.6 Å². The Balaban J connectivity index is 2.66. The SMILES string of the molecule is CCCNC(=O)C(C)NC(=O)c1cc(N)cc(Cl)c1. The Morgan fingerprint density at radius 3 is 2.63 bits per heavy atom. The van der Waals surface area contributed by atoms with E-state index in [0.29, 0.717) is 22.8 Å². The summed E-state index contributed by atoms with van der Waals surface area (Å²) in [4.78, 5) is 23.6. The number of benzene rings is 1. The molecule has 1 atom stereocenters. The normalized spacial score (nSPS) is 11.7. The number of halogens is 1. The number of hydrogen-bond donors (Lipinski definition) is 3. The minimum Gasteiger partial charge on any atom is -0.399 e. The van der Waals surface area contributed by atoms with Crippen molar-refractivity contribution in [2.45, 2.75) is 26.3 Å². The van der Waals surface area contributed by atoms with Crippen molar-refractivity contribution in [1.82, 2.24) is 10.6 Å². The Hall–Kier alpha value is -1.75. The molecule has 4 N–H and O–H groups in total. The second kappa shape index (κ2) is 6.99. The van der Waals surface area contributed by atoms with Crippen LogP contribution in [0.2, 0.25) is 5.02 Å². The number of carbonyl (C=O) groups excluding carboxylic acids is 2. The molecular weight excluding hydrogens is 266 g/mol. The summed E-state index contributed by atoms with van der Waals surface area (Å²) in [6, 6.07) is 3.96. The molecule has 104 valence electrons. The van der Waals surface area contributed by atoms with Gasteiger partial charge in [-0.3, -0.25) is 9.59 Å². The standard InChI is InChI=1S/C13H18ClN3O2/c1-3-4-16-12(18)8(2)17-13(19)9-5-10(14)7-11(15)6-9/h5-8H,3-4,15H2,1-2H3,(H,16,18)(H,17,19). The van der Waals surface area contributed by atoms with Gasteiger partial charge in [0.2, 0.25) is 5.91 Å². The van der Waals surface area contributed by atoms with E-state index in [9.17, 15) is 9.59 Å². The molecule has 1 aromatic carbocycles. The van der Waals surface area contributed by atoms with Crippen LogP contribution in [0, 0.1) is 0 Å². The Bertz CT molecular complexity index is 457. The van der Waals surface area contributed by atoms with Crippen LogP contribution in [0.1, 0.15) is 30.6 Å². The van der Waals surface area contributed by atoms with Crippen LogP contribution in [0.4, 0.5) is 5.69 Å². The van der Waals surface area contributed by atoms with Crippen molar-refractivity contribution in [1.29, 1.82) is 0 Å². The molecule has 0 aliphatic rings. The van der Waals surface area contributed by atoms with Crippen molar-refractivity contribution >= 4 is 29.1 Å². The van der Waals surface area contributed by atoms with Crippen LogP contribution in [-0.2, 0) is 4.79 Å². The van der Waals surface area contributed by atoms with Crippen LogP contribution in [0.25, 0.3) is 0 Å². The fourth-order valence-electron chi connectivity index (χ4n) is 1.49. The summed E-state index contributed by atoms with van der Waals surface area (Å²) < 4.78 is 0. The molecule has 19 heavy (non-hydrogen) atoms. The molecule has 5 nitrogen and oxygen atoms in total. The average molecular weight is 284 g/mol. The molecule has 1 aromatic rings. The topological polar surface area (TPSA) is 84.2 Å². The lowest BCUT2D eigenvalue weighted by atomic mass is 10.1. The summed E-state index contributed by atoms with van der Waals surface area (Å²) in [5, 5.41) is 5.68. The van der Waals surface area contributed by atoms with Crippen LogP contribution in [0.5, 0.6) is 0 Å². The molecule has 0 aromatic heterocycles. The van der Waals surface area contributed by atoms with E-state index >= 15 is 0 Å². The second-order valence-corrected chi connectivity index (χ2v) is 4.70. The lowest BCUT2D eigenvalue weighted by molar-refractivity contribution is -0.122. The maximum absolute atomic E-state index is 11.9. The quantitative estimate of drug-likeness (QED) is 0.717. The summed E-state index contributed by atoms with van der Waals surface area (Å²) in [7, 11) is 0. The van der Waals surface area contributed by atoms with Crippen LogP contribution < -0.4 is 16.4 Å². The maximum atomic E-state index is 11.9. The molecule has 0 fully saturated rings. The number of anilines is 1. The van der Waals surface area contributed by atoms with Crippen molar-refractivity contribution in [3.63, 3.8) is 0 Å². The molecule has 0 aliphatic carbocycles. The first-order valence-corrected chi connectivity index (χ1v) is 6.46. The van der Waals surface area contributed by atoms with Gasteiger partial charge in [-0.25, -0.2) is 0 Å². The average Bonchev–Trinajstić information content (AvgIpc) is 2.34. The van der Waals surface area contributed by atoms with Crippen molar-refractivity contribution < 1.29 is 9.59 Å². The lowest BCUT2D eigenvalue weighted by Gasteiger charge is -2.14. The van der Waals surface area contributed by atoms with Gasteiger partial charge in [-0.05, 0) is 31.5 Å². The van der Waals surface area contributed by atoms with Gasteiger partial charge in [-0.15, -0.1) is 0 Å². The van der Waals surface area contributed by atoms with Crippen molar-refractivity contribution in [2.75, 3.05) is 12.3 Å². The first-order valence-electron chi connectivity index (χ1n) is 6.08. The van der Waals surface area contributed by atoms with E-state index in [-0.39, 0.29) is 11.8 Å². The third-order valence-electron chi connectivity index (χ3n) is 2.47. The van der Waals surface area contributed by atoms with Crippen LogP contribution in [0.3, 0.4) is 0 Å². The fourth-order valence-corrected chi connectivity index (χ4v) is 1.73. The minimum atomic E-state index is -0.612. The third-order valence-corrected chi connectivity index (χ3v) is 2.69. The highest BCUT2D eigenvalue weighted by molar-refractivity contribution is 6.31. The Kier molecular flexibility index (Phi) is 5.63. The molecule has 1 rings (SSSR count). The largest absolute Gasteiger partial charge is 0.399 e. The van der Waals surface area contributed by atoms with E-state index in [0.717, 1.165) is 6.42 Å². The minimum absolute atomic E-state index is 0.217. The predicted molar refractivity (Wildman–Crippen MR) is 76.1 cm³/mol. The highest BCUT2D eigenvalue weighted by Gasteiger charge is 2.16. The zero-order valence-electron chi connectivity index (χ0n) is 11.0. The highest BCUT2D eigenvalue weighted by Crippen LogP contribution is 2.16. The summed E-state index contributed by atoms with van der Waals surface area (Å²) in [5.74, 6) is -0.599. The molecule has 0 aliphatic heterocycles. The Morgan fingerprint density at radius 2 is 2.05 bits per heavy atom. The first kappa shape index (κ1) is 15.3. The monoisotopic (exact) mass is 283 g/mol. The van der Waals surface area contributed by atoms with E-state index in [1.165, 1.54) is 12.1 Å². The van der Waals surface area contributed by atoms with E-state index in [4.69, 9.17) is 17.3 Å². The molecule has 0 saturated heterocycles. The molecule has 6 heteroatoms. The van der Waals surface area contributed by atoms with Gasteiger partial charge >= 0.3 is 0 Å². The van der Waals surface area contributed by atoms with Gasteiger partial charge in [0.25, 0.3) is 5.91 Å². The van der Waals surface area contributed by atoms with E-state index < -0.39 is 6.04 Å².